The van der Waals surface area contributed by atoms with Gasteiger partial charge in [0.1, 0.15) is 6.61 Å². The Bertz CT molecular complexity index is 175. The van der Waals surface area contributed by atoms with Crippen LogP contribution in [0.3, 0.4) is 0 Å². The van der Waals surface area contributed by atoms with Crippen LogP contribution in [0.15, 0.2) is 0 Å². The van der Waals surface area contributed by atoms with Gasteiger partial charge in [0.2, 0.25) is 5.91 Å². The van der Waals surface area contributed by atoms with Crippen molar-refractivity contribution in [3.05, 3.63) is 0 Å². The Morgan fingerprint density at radius 3 is 2.69 bits per heavy atom. The van der Waals surface area contributed by atoms with E-state index in [1.165, 1.54) is 0 Å². The molecule has 0 unspecified atom stereocenters. The zero-order valence-corrected chi connectivity index (χ0v) is 10.3. The minimum Gasteiger partial charge on any atom is -0.379 e. The van der Waals surface area contributed by atoms with Crippen LogP contribution in [-0.2, 0) is 14.3 Å². The quantitative estimate of drug-likeness (QED) is 0.531. The van der Waals surface area contributed by atoms with Crippen molar-refractivity contribution < 1.29 is 14.3 Å². The van der Waals surface area contributed by atoms with Crippen LogP contribution in [-0.4, -0.2) is 44.9 Å². The predicted octanol–water partition coefficient (Wildman–Crippen LogP) is 0.283. The minimum atomic E-state index is -0.0850. The average Bonchev–Trinajstić information content (AvgIpc) is 2.23. The van der Waals surface area contributed by atoms with Crippen LogP contribution in [0.4, 0.5) is 0 Å². The van der Waals surface area contributed by atoms with Gasteiger partial charge in [-0.1, -0.05) is 0 Å². The molecule has 0 heterocycles. The Balaban J connectivity index is 3.15. The number of nitrogens with two attached hydrogens (primary N) is 1. The smallest absolute Gasteiger partial charge is 0.245 e. The van der Waals surface area contributed by atoms with Crippen LogP contribution < -0.4 is 11.1 Å². The lowest BCUT2D eigenvalue weighted by Crippen LogP contribution is -2.29. The van der Waals surface area contributed by atoms with Gasteiger partial charge < -0.3 is 20.5 Å². The van der Waals surface area contributed by atoms with Gasteiger partial charge in [0, 0.05) is 19.7 Å². The summed E-state index contributed by atoms with van der Waals surface area (Å²) in [5.41, 5.74) is 5.22. The van der Waals surface area contributed by atoms with Gasteiger partial charge in [0.25, 0.3) is 0 Å². The summed E-state index contributed by atoms with van der Waals surface area (Å²) in [7, 11) is 0. The van der Waals surface area contributed by atoms with Gasteiger partial charge in [0.15, 0.2) is 0 Å². The fourth-order valence-electron chi connectivity index (χ4n) is 1.07. The maximum Gasteiger partial charge on any atom is 0.245 e. The SMILES string of the molecule is CC(C)OCCCCNC(=O)COCCN. The second-order valence-electron chi connectivity index (χ2n) is 3.82. The molecule has 0 aliphatic carbocycles. The predicted molar refractivity (Wildman–Crippen MR) is 63.2 cm³/mol. The van der Waals surface area contributed by atoms with E-state index in [0.717, 1.165) is 19.4 Å². The van der Waals surface area contributed by atoms with Crippen LogP contribution in [0.25, 0.3) is 0 Å². The largest absolute Gasteiger partial charge is 0.379 e. The van der Waals surface area contributed by atoms with E-state index in [1.807, 2.05) is 13.8 Å². The fraction of sp³-hybridized carbons (Fsp3) is 0.909. The number of rotatable bonds is 10. The van der Waals surface area contributed by atoms with Crippen LogP contribution in [0, 0.1) is 0 Å². The Morgan fingerprint density at radius 1 is 1.31 bits per heavy atom. The molecule has 16 heavy (non-hydrogen) atoms. The number of unbranched alkanes of at least 4 members (excludes halogenated alkanes) is 1. The Morgan fingerprint density at radius 2 is 2.06 bits per heavy atom. The molecule has 0 fully saturated rings. The van der Waals surface area contributed by atoms with Crippen molar-refractivity contribution in [2.45, 2.75) is 32.8 Å². The number of nitrogens with one attached hydrogen (secondary N) is 1. The number of hydrogen-bond acceptors (Lipinski definition) is 4. The Labute approximate surface area is 97.7 Å². The second-order valence-corrected chi connectivity index (χ2v) is 3.82. The molecule has 96 valence electrons. The standard InChI is InChI=1S/C11H24N2O3/c1-10(2)16-7-4-3-6-13-11(14)9-15-8-5-12/h10H,3-9,12H2,1-2H3,(H,13,14). The van der Waals surface area contributed by atoms with E-state index in [-0.39, 0.29) is 18.6 Å². The summed E-state index contributed by atoms with van der Waals surface area (Å²) in [5.74, 6) is -0.0850. The van der Waals surface area contributed by atoms with E-state index in [1.54, 1.807) is 0 Å². The first-order valence-corrected chi connectivity index (χ1v) is 5.83. The second kappa shape index (κ2) is 10.9. The van der Waals surface area contributed by atoms with Crippen LogP contribution in [0.2, 0.25) is 0 Å². The van der Waals surface area contributed by atoms with E-state index >= 15 is 0 Å². The topological polar surface area (TPSA) is 73.6 Å². The molecular weight excluding hydrogens is 208 g/mol. The van der Waals surface area contributed by atoms with Crippen molar-refractivity contribution in [1.82, 2.24) is 5.32 Å². The monoisotopic (exact) mass is 232 g/mol. The van der Waals surface area contributed by atoms with Gasteiger partial charge in [-0.3, -0.25) is 4.79 Å². The summed E-state index contributed by atoms with van der Waals surface area (Å²) in [5, 5.41) is 2.77. The van der Waals surface area contributed by atoms with E-state index < -0.39 is 0 Å². The van der Waals surface area contributed by atoms with Crippen LogP contribution in [0.1, 0.15) is 26.7 Å². The van der Waals surface area contributed by atoms with Gasteiger partial charge in [0.05, 0.1) is 12.7 Å². The zero-order valence-electron chi connectivity index (χ0n) is 10.3. The normalized spacial score (nSPS) is 10.8. The molecule has 0 aliphatic rings. The molecule has 0 aliphatic heterocycles. The molecule has 5 nitrogen and oxygen atoms in total. The molecule has 0 saturated carbocycles. The molecule has 0 bridgehead atoms. The first kappa shape index (κ1) is 15.3. The number of amides is 1. The maximum absolute atomic E-state index is 11.2. The summed E-state index contributed by atoms with van der Waals surface area (Å²) < 4.78 is 10.4. The third-order valence-electron chi connectivity index (χ3n) is 1.84. The van der Waals surface area contributed by atoms with E-state index in [2.05, 4.69) is 5.32 Å². The average molecular weight is 232 g/mol. The molecule has 0 aromatic carbocycles. The Hall–Kier alpha value is -0.650. The molecule has 5 heteroatoms. The first-order valence-electron chi connectivity index (χ1n) is 5.83. The van der Waals surface area contributed by atoms with Gasteiger partial charge >= 0.3 is 0 Å². The number of ether oxygens (including phenoxy) is 2. The first-order chi connectivity index (χ1) is 7.66. The van der Waals surface area contributed by atoms with Crippen molar-refractivity contribution in [3.63, 3.8) is 0 Å². The van der Waals surface area contributed by atoms with Crippen molar-refractivity contribution in [2.24, 2.45) is 5.73 Å². The maximum atomic E-state index is 11.2. The lowest BCUT2D eigenvalue weighted by molar-refractivity contribution is -0.125. The molecule has 0 radical (unpaired) electrons. The van der Waals surface area contributed by atoms with E-state index in [0.29, 0.717) is 19.7 Å². The van der Waals surface area contributed by atoms with Crippen LogP contribution in [0.5, 0.6) is 0 Å². The molecule has 0 aromatic rings. The number of hydrogen-bond donors (Lipinski definition) is 2. The molecule has 0 atom stereocenters. The van der Waals surface area contributed by atoms with Crippen molar-refractivity contribution in [2.75, 3.05) is 32.9 Å². The molecule has 3 N–H and O–H groups in total. The minimum absolute atomic E-state index is 0.0850. The fourth-order valence-corrected chi connectivity index (χ4v) is 1.07. The summed E-state index contributed by atoms with van der Waals surface area (Å²) in [4.78, 5) is 11.2. The van der Waals surface area contributed by atoms with Crippen molar-refractivity contribution in [1.29, 1.82) is 0 Å². The highest BCUT2D eigenvalue weighted by molar-refractivity contribution is 5.77. The molecule has 1 amide bonds. The highest BCUT2D eigenvalue weighted by Crippen LogP contribution is 1.93. The summed E-state index contributed by atoms with van der Waals surface area (Å²) >= 11 is 0. The zero-order chi connectivity index (χ0) is 12.2. The highest BCUT2D eigenvalue weighted by Gasteiger charge is 1.99. The van der Waals surface area contributed by atoms with Crippen molar-refractivity contribution in [3.8, 4) is 0 Å². The van der Waals surface area contributed by atoms with E-state index in [4.69, 9.17) is 15.2 Å². The Kier molecular flexibility index (Phi) is 10.4. The number of carbonyl (C=O) groups excluding carboxylic acids is 1. The lowest BCUT2D eigenvalue weighted by atomic mass is 10.3. The number of carbonyl (C=O) groups is 1. The van der Waals surface area contributed by atoms with Gasteiger partial charge in [-0.25, -0.2) is 0 Å². The van der Waals surface area contributed by atoms with Gasteiger partial charge in [-0.15, -0.1) is 0 Å². The molecule has 0 aromatic heterocycles. The lowest BCUT2D eigenvalue weighted by Gasteiger charge is -2.08. The van der Waals surface area contributed by atoms with Crippen molar-refractivity contribution >= 4 is 5.91 Å². The highest BCUT2D eigenvalue weighted by atomic mass is 16.5. The van der Waals surface area contributed by atoms with E-state index in [9.17, 15) is 4.79 Å². The van der Waals surface area contributed by atoms with Crippen LogP contribution >= 0.6 is 0 Å². The third kappa shape index (κ3) is 11.4. The van der Waals surface area contributed by atoms with Gasteiger partial charge in [-0.2, -0.15) is 0 Å². The molecular formula is C11H24N2O3. The molecule has 0 saturated heterocycles. The summed E-state index contributed by atoms with van der Waals surface area (Å²) in [6.45, 7) is 6.41. The third-order valence-corrected chi connectivity index (χ3v) is 1.84. The summed E-state index contributed by atoms with van der Waals surface area (Å²) in [6.07, 6.45) is 2.16. The molecule has 0 spiro atoms. The van der Waals surface area contributed by atoms with Gasteiger partial charge in [-0.05, 0) is 26.7 Å². The molecule has 0 rings (SSSR count). The summed E-state index contributed by atoms with van der Waals surface area (Å²) in [6, 6.07) is 0.